The third kappa shape index (κ3) is 2.51. The van der Waals surface area contributed by atoms with Crippen molar-refractivity contribution in [2.24, 2.45) is 0 Å². The van der Waals surface area contributed by atoms with Crippen LogP contribution < -0.4 is 10.1 Å². The van der Waals surface area contributed by atoms with Gasteiger partial charge in [-0.25, -0.2) is 0 Å². The summed E-state index contributed by atoms with van der Waals surface area (Å²) in [5.74, 6) is 1.58. The van der Waals surface area contributed by atoms with Gasteiger partial charge in [-0.15, -0.1) is 0 Å². The van der Waals surface area contributed by atoms with Crippen LogP contribution >= 0.6 is 0 Å². The van der Waals surface area contributed by atoms with E-state index in [0.29, 0.717) is 17.1 Å². The maximum Gasteiger partial charge on any atom is 0.256 e. The van der Waals surface area contributed by atoms with Gasteiger partial charge in [-0.3, -0.25) is 4.79 Å². The van der Waals surface area contributed by atoms with E-state index in [1.807, 2.05) is 6.92 Å². The normalized spacial score (nSPS) is 10.2. The van der Waals surface area contributed by atoms with Gasteiger partial charge >= 0.3 is 0 Å². The van der Waals surface area contributed by atoms with Gasteiger partial charge in [-0.2, -0.15) is 0 Å². The minimum Gasteiger partial charge on any atom is -0.496 e. The Labute approximate surface area is 105 Å². The number of methoxy groups -OCH3 is 1. The monoisotopic (exact) mass is 246 g/mol. The number of benzene rings is 1. The van der Waals surface area contributed by atoms with Crippen molar-refractivity contribution in [3.8, 4) is 5.75 Å². The predicted octanol–water partition coefficient (Wildman–Crippen LogP) is 2.55. The first-order chi connectivity index (χ1) is 8.60. The Morgan fingerprint density at radius 2 is 2.11 bits per heavy atom. The lowest BCUT2D eigenvalue weighted by Crippen LogP contribution is -2.12. The van der Waals surface area contributed by atoms with Crippen LogP contribution in [-0.2, 0) is 0 Å². The number of aromatic nitrogens is 1. The molecule has 1 aromatic carbocycles. The van der Waals surface area contributed by atoms with Crippen LogP contribution in [0.25, 0.3) is 0 Å². The highest BCUT2D eigenvalue weighted by molar-refractivity contribution is 6.03. The summed E-state index contributed by atoms with van der Waals surface area (Å²) < 4.78 is 10.0. The second-order valence-electron chi connectivity index (χ2n) is 3.96. The Morgan fingerprint density at radius 1 is 1.33 bits per heavy atom. The molecule has 0 atom stereocenters. The van der Waals surface area contributed by atoms with Crippen molar-refractivity contribution >= 4 is 11.7 Å². The fourth-order valence-corrected chi connectivity index (χ4v) is 1.63. The highest BCUT2D eigenvalue weighted by Gasteiger charge is 2.10. The molecule has 5 heteroatoms. The molecular formula is C13H14N2O3. The smallest absolute Gasteiger partial charge is 0.256 e. The quantitative estimate of drug-likeness (QED) is 0.903. The van der Waals surface area contributed by atoms with Crippen molar-refractivity contribution in [2.75, 3.05) is 12.4 Å². The van der Waals surface area contributed by atoms with Gasteiger partial charge in [0.2, 0.25) is 0 Å². The zero-order valence-electron chi connectivity index (χ0n) is 10.5. The third-order valence-corrected chi connectivity index (χ3v) is 2.53. The molecule has 0 aliphatic rings. The van der Waals surface area contributed by atoms with Crippen LogP contribution in [0.5, 0.6) is 5.75 Å². The molecule has 1 aromatic heterocycles. The van der Waals surface area contributed by atoms with Crippen LogP contribution in [0.1, 0.15) is 21.7 Å². The molecule has 1 N–H and O–H groups in total. The Bertz CT molecular complexity index is 575. The van der Waals surface area contributed by atoms with Crippen LogP contribution in [-0.4, -0.2) is 18.2 Å². The molecule has 0 saturated heterocycles. The summed E-state index contributed by atoms with van der Waals surface area (Å²) in [6, 6.07) is 6.89. The lowest BCUT2D eigenvalue weighted by atomic mass is 10.1. The molecule has 18 heavy (non-hydrogen) atoms. The summed E-state index contributed by atoms with van der Waals surface area (Å²) in [5, 5.41) is 6.36. The molecule has 5 nitrogen and oxygen atoms in total. The Kier molecular flexibility index (Phi) is 3.32. The van der Waals surface area contributed by atoms with Crippen molar-refractivity contribution in [3.63, 3.8) is 0 Å². The highest BCUT2D eigenvalue weighted by atomic mass is 16.5. The summed E-state index contributed by atoms with van der Waals surface area (Å²) in [4.78, 5) is 11.9. The van der Waals surface area contributed by atoms with E-state index in [4.69, 9.17) is 9.26 Å². The largest absolute Gasteiger partial charge is 0.496 e. The van der Waals surface area contributed by atoms with Gasteiger partial charge in [0.15, 0.2) is 5.82 Å². The van der Waals surface area contributed by atoms with Gasteiger partial charge in [-0.05, 0) is 37.6 Å². The Hall–Kier alpha value is -2.30. The lowest BCUT2D eigenvalue weighted by Gasteiger charge is -2.06. The molecule has 0 spiro atoms. The van der Waals surface area contributed by atoms with Crippen molar-refractivity contribution < 1.29 is 14.1 Å². The Morgan fingerprint density at radius 3 is 2.67 bits per heavy atom. The minimum absolute atomic E-state index is 0.228. The van der Waals surface area contributed by atoms with E-state index < -0.39 is 0 Å². The molecule has 0 aliphatic heterocycles. The van der Waals surface area contributed by atoms with Crippen LogP contribution in [0, 0.1) is 13.8 Å². The first-order valence-electron chi connectivity index (χ1n) is 5.49. The standard InChI is InChI=1S/C13H14N2O3/c1-8-6-10(4-5-11(8)17-3)13(16)14-12-7-9(2)18-15-12/h4-7H,1-3H3,(H,14,15,16). The summed E-state index contributed by atoms with van der Waals surface area (Å²) >= 11 is 0. The van der Waals surface area contributed by atoms with E-state index in [-0.39, 0.29) is 5.91 Å². The number of carbonyl (C=O) groups is 1. The average molecular weight is 246 g/mol. The molecule has 0 unspecified atom stereocenters. The highest BCUT2D eigenvalue weighted by Crippen LogP contribution is 2.19. The molecule has 0 bridgehead atoms. The molecular weight excluding hydrogens is 232 g/mol. The molecule has 2 rings (SSSR count). The van der Waals surface area contributed by atoms with E-state index in [1.54, 1.807) is 38.3 Å². The van der Waals surface area contributed by atoms with Gasteiger partial charge in [0, 0.05) is 11.6 Å². The van der Waals surface area contributed by atoms with Crippen LogP contribution in [0.2, 0.25) is 0 Å². The molecule has 0 saturated carbocycles. The van der Waals surface area contributed by atoms with Gasteiger partial charge < -0.3 is 14.6 Å². The van der Waals surface area contributed by atoms with E-state index in [2.05, 4.69) is 10.5 Å². The maximum absolute atomic E-state index is 11.9. The van der Waals surface area contributed by atoms with E-state index >= 15 is 0 Å². The van der Waals surface area contributed by atoms with Gasteiger partial charge in [-0.1, -0.05) is 5.16 Å². The van der Waals surface area contributed by atoms with Crippen molar-refractivity contribution in [3.05, 3.63) is 41.2 Å². The van der Waals surface area contributed by atoms with Crippen LogP contribution in [0.15, 0.2) is 28.8 Å². The van der Waals surface area contributed by atoms with E-state index in [9.17, 15) is 4.79 Å². The topological polar surface area (TPSA) is 64.4 Å². The van der Waals surface area contributed by atoms with Gasteiger partial charge in [0.1, 0.15) is 11.5 Å². The number of carbonyl (C=O) groups excluding carboxylic acids is 1. The summed E-state index contributed by atoms with van der Waals surface area (Å²) in [5.41, 5.74) is 1.45. The number of rotatable bonds is 3. The van der Waals surface area contributed by atoms with E-state index in [1.165, 1.54) is 0 Å². The first kappa shape index (κ1) is 12.2. The first-order valence-corrected chi connectivity index (χ1v) is 5.49. The molecule has 94 valence electrons. The number of amides is 1. The van der Waals surface area contributed by atoms with Crippen molar-refractivity contribution in [2.45, 2.75) is 13.8 Å². The fraction of sp³-hybridized carbons (Fsp3) is 0.231. The SMILES string of the molecule is COc1ccc(C(=O)Nc2cc(C)on2)cc1C. The summed E-state index contributed by atoms with van der Waals surface area (Å²) in [7, 11) is 1.60. The number of nitrogens with zero attached hydrogens (tertiary/aromatic N) is 1. The molecule has 0 fully saturated rings. The van der Waals surface area contributed by atoms with Crippen LogP contribution in [0.3, 0.4) is 0 Å². The second kappa shape index (κ2) is 4.91. The second-order valence-corrected chi connectivity index (χ2v) is 3.96. The van der Waals surface area contributed by atoms with Crippen LogP contribution in [0.4, 0.5) is 5.82 Å². The number of anilines is 1. The third-order valence-electron chi connectivity index (χ3n) is 2.53. The average Bonchev–Trinajstić information content (AvgIpc) is 2.74. The van der Waals surface area contributed by atoms with Gasteiger partial charge in [0.05, 0.1) is 7.11 Å². The number of hydrogen-bond donors (Lipinski definition) is 1. The predicted molar refractivity (Wildman–Crippen MR) is 66.9 cm³/mol. The minimum atomic E-state index is -0.228. The number of nitrogens with one attached hydrogen (secondary N) is 1. The molecule has 2 aromatic rings. The fourth-order valence-electron chi connectivity index (χ4n) is 1.63. The van der Waals surface area contributed by atoms with Gasteiger partial charge in [0.25, 0.3) is 5.91 Å². The summed E-state index contributed by atoms with van der Waals surface area (Å²) in [6.07, 6.45) is 0. The number of aryl methyl sites for hydroxylation is 2. The summed E-state index contributed by atoms with van der Waals surface area (Å²) in [6.45, 7) is 3.65. The van der Waals surface area contributed by atoms with E-state index in [0.717, 1.165) is 11.3 Å². The van der Waals surface area contributed by atoms with Crippen molar-refractivity contribution in [1.29, 1.82) is 0 Å². The maximum atomic E-state index is 11.9. The zero-order valence-corrected chi connectivity index (χ0v) is 10.5. The number of hydrogen-bond acceptors (Lipinski definition) is 4. The van der Waals surface area contributed by atoms with Crippen molar-refractivity contribution in [1.82, 2.24) is 5.16 Å². The lowest BCUT2D eigenvalue weighted by molar-refractivity contribution is 0.102. The molecule has 1 amide bonds. The number of ether oxygens (including phenoxy) is 1. The Balaban J connectivity index is 2.16. The zero-order chi connectivity index (χ0) is 13.1. The molecule has 0 aliphatic carbocycles. The molecule has 1 heterocycles. The molecule has 0 radical (unpaired) electrons.